The summed E-state index contributed by atoms with van der Waals surface area (Å²) >= 11 is 0. The minimum absolute atomic E-state index is 0.256. The molecule has 3 rings (SSSR count). The molecule has 0 heterocycles. The van der Waals surface area contributed by atoms with E-state index in [2.05, 4.69) is 80.6 Å². The smallest absolute Gasteiger partial charge is 0.0516 e. The normalized spacial score (nSPS) is 14.1. The standard InChI is InChI=1S/C27H37N3/c1-7-24-18-27(20(3)15-19(24)2)21(4)29-25(16-22-9-8-10-22)17-23-11-13-26(14-12-23)30(6)28-5/h11-16,18,25,28-29H,4,7-10,17H2,1-3,5-6H3. The fourth-order valence-corrected chi connectivity index (χ4v) is 4.13. The van der Waals surface area contributed by atoms with Gasteiger partial charge in [-0.05, 0) is 86.4 Å². The van der Waals surface area contributed by atoms with E-state index in [0.717, 1.165) is 24.2 Å². The van der Waals surface area contributed by atoms with E-state index in [0.29, 0.717) is 0 Å². The maximum atomic E-state index is 4.42. The van der Waals surface area contributed by atoms with Gasteiger partial charge in [-0.3, -0.25) is 0 Å². The number of hydrogen-bond acceptors (Lipinski definition) is 3. The lowest BCUT2D eigenvalue weighted by Crippen LogP contribution is -2.30. The molecule has 160 valence electrons. The van der Waals surface area contributed by atoms with Gasteiger partial charge < -0.3 is 10.3 Å². The number of allylic oxidation sites excluding steroid dienone is 1. The molecule has 0 amide bonds. The average Bonchev–Trinajstić information content (AvgIpc) is 2.70. The number of anilines is 1. The summed E-state index contributed by atoms with van der Waals surface area (Å²) in [7, 11) is 3.96. The van der Waals surface area contributed by atoms with Crippen molar-refractivity contribution in [3.8, 4) is 0 Å². The van der Waals surface area contributed by atoms with Crippen LogP contribution in [0.15, 0.2) is 54.6 Å². The number of rotatable bonds is 9. The van der Waals surface area contributed by atoms with Crippen LogP contribution in [0.25, 0.3) is 5.70 Å². The largest absolute Gasteiger partial charge is 0.378 e. The lowest BCUT2D eigenvalue weighted by molar-refractivity contribution is 0.627. The van der Waals surface area contributed by atoms with Crippen molar-refractivity contribution in [2.45, 2.75) is 58.9 Å². The topological polar surface area (TPSA) is 27.3 Å². The maximum absolute atomic E-state index is 4.42. The first-order chi connectivity index (χ1) is 14.4. The lowest BCUT2D eigenvalue weighted by Gasteiger charge is -2.25. The second-order valence-electron chi connectivity index (χ2n) is 8.51. The van der Waals surface area contributed by atoms with Gasteiger partial charge in [0.25, 0.3) is 0 Å². The van der Waals surface area contributed by atoms with E-state index in [4.69, 9.17) is 0 Å². The van der Waals surface area contributed by atoms with Crippen LogP contribution in [0.4, 0.5) is 5.69 Å². The summed E-state index contributed by atoms with van der Waals surface area (Å²) in [4.78, 5) is 0. The highest BCUT2D eigenvalue weighted by molar-refractivity contribution is 5.66. The predicted octanol–water partition coefficient (Wildman–Crippen LogP) is 5.72. The van der Waals surface area contributed by atoms with Crippen LogP contribution in [0.2, 0.25) is 0 Å². The van der Waals surface area contributed by atoms with Gasteiger partial charge in [0, 0.05) is 31.4 Å². The third-order valence-electron chi connectivity index (χ3n) is 6.30. The molecule has 0 saturated heterocycles. The average molecular weight is 404 g/mol. The van der Waals surface area contributed by atoms with Crippen molar-refractivity contribution < 1.29 is 0 Å². The maximum Gasteiger partial charge on any atom is 0.0516 e. The first kappa shape index (κ1) is 22.2. The van der Waals surface area contributed by atoms with Gasteiger partial charge >= 0.3 is 0 Å². The predicted molar refractivity (Wildman–Crippen MR) is 131 cm³/mol. The van der Waals surface area contributed by atoms with Crippen molar-refractivity contribution >= 4 is 11.4 Å². The van der Waals surface area contributed by atoms with Crippen LogP contribution >= 0.6 is 0 Å². The molecule has 30 heavy (non-hydrogen) atoms. The molecule has 3 nitrogen and oxygen atoms in total. The number of nitrogens with zero attached hydrogens (tertiary/aromatic N) is 1. The zero-order chi connectivity index (χ0) is 21.7. The summed E-state index contributed by atoms with van der Waals surface area (Å²) in [6, 6.07) is 13.7. The molecule has 3 heteroatoms. The summed E-state index contributed by atoms with van der Waals surface area (Å²) in [6.07, 6.45) is 8.24. The van der Waals surface area contributed by atoms with Crippen molar-refractivity contribution in [1.29, 1.82) is 0 Å². The Labute approximate surface area is 182 Å². The second-order valence-corrected chi connectivity index (χ2v) is 8.51. The fourth-order valence-electron chi connectivity index (χ4n) is 4.13. The van der Waals surface area contributed by atoms with Gasteiger partial charge in [-0.25, -0.2) is 5.43 Å². The highest BCUT2D eigenvalue weighted by Crippen LogP contribution is 2.27. The van der Waals surface area contributed by atoms with E-state index in [9.17, 15) is 0 Å². The van der Waals surface area contributed by atoms with Crippen LogP contribution in [0.5, 0.6) is 0 Å². The summed E-state index contributed by atoms with van der Waals surface area (Å²) < 4.78 is 0. The molecule has 1 aliphatic carbocycles. The van der Waals surface area contributed by atoms with Crippen LogP contribution in [0.3, 0.4) is 0 Å². The first-order valence-corrected chi connectivity index (χ1v) is 11.2. The Morgan fingerprint density at radius 2 is 1.83 bits per heavy atom. The van der Waals surface area contributed by atoms with Gasteiger partial charge in [0.1, 0.15) is 0 Å². The fraction of sp³-hybridized carbons (Fsp3) is 0.407. The highest BCUT2D eigenvalue weighted by atomic mass is 15.5. The molecule has 0 aromatic heterocycles. The molecule has 1 aliphatic rings. The quantitative estimate of drug-likeness (QED) is 0.414. The third-order valence-corrected chi connectivity index (χ3v) is 6.30. The number of benzene rings is 2. The Morgan fingerprint density at radius 1 is 1.13 bits per heavy atom. The molecule has 0 aliphatic heterocycles. The van der Waals surface area contributed by atoms with Crippen molar-refractivity contribution in [3.63, 3.8) is 0 Å². The second kappa shape index (κ2) is 9.99. The molecular weight excluding hydrogens is 366 g/mol. The minimum Gasteiger partial charge on any atom is -0.378 e. The van der Waals surface area contributed by atoms with Crippen molar-refractivity contribution in [2.75, 3.05) is 19.1 Å². The molecule has 0 radical (unpaired) electrons. The first-order valence-electron chi connectivity index (χ1n) is 11.2. The summed E-state index contributed by atoms with van der Waals surface area (Å²) in [6.45, 7) is 11.0. The molecule has 2 aromatic carbocycles. The summed E-state index contributed by atoms with van der Waals surface area (Å²) in [5.41, 5.74) is 13.5. The van der Waals surface area contributed by atoms with Gasteiger partial charge in [-0.2, -0.15) is 0 Å². The summed E-state index contributed by atoms with van der Waals surface area (Å²) in [5, 5.41) is 5.76. The summed E-state index contributed by atoms with van der Waals surface area (Å²) in [5.74, 6) is 0. The van der Waals surface area contributed by atoms with Gasteiger partial charge in [-0.1, -0.05) is 43.4 Å². The van der Waals surface area contributed by atoms with Crippen LogP contribution in [0, 0.1) is 13.8 Å². The van der Waals surface area contributed by atoms with Crippen molar-refractivity contribution in [2.24, 2.45) is 0 Å². The molecule has 0 spiro atoms. The van der Waals surface area contributed by atoms with Crippen LogP contribution in [-0.4, -0.2) is 20.1 Å². The lowest BCUT2D eigenvalue weighted by atomic mass is 9.89. The number of nitrogens with one attached hydrogen (secondary N) is 2. The molecule has 1 saturated carbocycles. The molecular formula is C27H37N3. The number of aryl methyl sites for hydroxylation is 3. The zero-order valence-corrected chi connectivity index (χ0v) is 19.3. The molecule has 0 bridgehead atoms. The van der Waals surface area contributed by atoms with Gasteiger partial charge in [0.15, 0.2) is 0 Å². The van der Waals surface area contributed by atoms with Crippen molar-refractivity contribution in [1.82, 2.24) is 10.7 Å². The molecule has 1 atom stereocenters. The zero-order valence-electron chi connectivity index (χ0n) is 19.3. The highest BCUT2D eigenvalue weighted by Gasteiger charge is 2.16. The molecule has 1 unspecified atom stereocenters. The van der Waals surface area contributed by atoms with Crippen LogP contribution in [0.1, 0.15) is 54.0 Å². The number of hydrogen-bond donors (Lipinski definition) is 2. The Kier molecular flexibility index (Phi) is 7.38. The Bertz CT molecular complexity index is 902. The van der Waals surface area contributed by atoms with E-state index in [1.54, 1.807) is 5.57 Å². The molecule has 1 fully saturated rings. The number of hydrazine groups is 1. The van der Waals surface area contributed by atoms with E-state index in [1.807, 2.05) is 19.1 Å². The Balaban J connectivity index is 1.78. The van der Waals surface area contributed by atoms with Gasteiger partial charge in [0.05, 0.1) is 5.69 Å². The Morgan fingerprint density at radius 3 is 2.40 bits per heavy atom. The molecule has 2 N–H and O–H groups in total. The molecule has 2 aromatic rings. The SMILES string of the molecule is C=C(NC(C=C1CCC1)Cc1ccc(N(C)NC)cc1)c1cc(CC)c(C)cc1C. The van der Waals surface area contributed by atoms with Crippen molar-refractivity contribution in [3.05, 3.63) is 82.4 Å². The van der Waals surface area contributed by atoms with E-state index in [-0.39, 0.29) is 6.04 Å². The van der Waals surface area contributed by atoms with Gasteiger partial charge in [0.2, 0.25) is 0 Å². The monoisotopic (exact) mass is 403 g/mol. The van der Waals surface area contributed by atoms with Gasteiger partial charge in [-0.15, -0.1) is 0 Å². The third kappa shape index (κ3) is 5.34. The van der Waals surface area contributed by atoms with Crippen LogP contribution in [-0.2, 0) is 12.8 Å². The van der Waals surface area contributed by atoms with E-state index in [1.165, 1.54) is 47.1 Å². The van der Waals surface area contributed by atoms with E-state index < -0.39 is 0 Å². The Hall–Kier alpha value is -2.52. The van der Waals surface area contributed by atoms with Crippen LogP contribution < -0.4 is 15.8 Å². The van der Waals surface area contributed by atoms with E-state index >= 15 is 0 Å². The minimum atomic E-state index is 0.256.